The summed E-state index contributed by atoms with van der Waals surface area (Å²) in [4.78, 5) is 52.5. The Balaban J connectivity index is 1.18. The third-order valence-electron chi connectivity index (χ3n) is 7.68. The van der Waals surface area contributed by atoms with Gasteiger partial charge in [-0.2, -0.15) is 0 Å². The summed E-state index contributed by atoms with van der Waals surface area (Å²) >= 11 is 1.36. The van der Waals surface area contributed by atoms with E-state index in [-0.39, 0.29) is 17.5 Å². The molecule has 0 spiro atoms. The molecule has 4 amide bonds. The summed E-state index contributed by atoms with van der Waals surface area (Å²) < 4.78 is 5.99. The molecule has 0 radical (unpaired) electrons. The van der Waals surface area contributed by atoms with Crippen LogP contribution in [0.15, 0.2) is 167 Å². The first kappa shape index (κ1) is 35.2. The average molecular weight is 707 g/mol. The lowest BCUT2D eigenvalue weighted by molar-refractivity contribution is -0.116. The van der Waals surface area contributed by atoms with Gasteiger partial charge in [0.15, 0.2) is 0 Å². The number of hydrogen-bond acceptors (Lipinski definition) is 6. The van der Waals surface area contributed by atoms with Crippen LogP contribution in [0.4, 0.5) is 17.1 Å². The van der Waals surface area contributed by atoms with Crippen LogP contribution in [0.25, 0.3) is 17.4 Å². The van der Waals surface area contributed by atoms with E-state index >= 15 is 0 Å². The van der Waals surface area contributed by atoms with Gasteiger partial charge in [0.2, 0.25) is 11.8 Å². The number of carbonyl (C=O) groups excluding carboxylic acids is 4. The summed E-state index contributed by atoms with van der Waals surface area (Å²) in [6, 6.07) is 45.2. The van der Waals surface area contributed by atoms with Gasteiger partial charge < -0.3 is 25.7 Å². The van der Waals surface area contributed by atoms with Gasteiger partial charge in [0, 0.05) is 46.1 Å². The van der Waals surface area contributed by atoms with E-state index in [4.69, 9.17) is 4.42 Å². The summed E-state index contributed by atoms with van der Waals surface area (Å²) in [5.74, 6) is -0.389. The highest BCUT2D eigenvalue weighted by Crippen LogP contribution is 2.37. The van der Waals surface area contributed by atoms with E-state index < -0.39 is 17.1 Å². The molecule has 1 atom stereocenters. The molecular formula is C42H34N4O5S. The van der Waals surface area contributed by atoms with Crippen molar-refractivity contribution in [3.8, 4) is 11.3 Å². The van der Waals surface area contributed by atoms with Crippen LogP contribution < -0.4 is 21.3 Å². The Hall–Kier alpha value is -6.65. The average Bonchev–Trinajstić information content (AvgIpc) is 3.64. The van der Waals surface area contributed by atoms with Gasteiger partial charge in [0.05, 0.1) is 0 Å². The minimum atomic E-state index is -0.589. The van der Waals surface area contributed by atoms with E-state index in [1.54, 1.807) is 78.9 Å². The maximum absolute atomic E-state index is 13.6. The molecule has 0 aliphatic rings. The molecule has 6 aromatic rings. The Morgan fingerprint density at radius 3 is 1.81 bits per heavy atom. The SMILES string of the molecule is CC(=O)Nc1ccc(NC(=O)C(Sc2ccc(NC(=O)C(=Cc3ccc(-c4ccccc4)o3)NC(=O)c3ccccc3)cc2)c2ccccc2)cc1. The van der Waals surface area contributed by atoms with E-state index in [2.05, 4.69) is 21.3 Å². The lowest BCUT2D eigenvalue weighted by Gasteiger charge is -2.18. The van der Waals surface area contributed by atoms with Gasteiger partial charge in [-0.05, 0) is 78.4 Å². The molecule has 1 unspecified atom stereocenters. The fourth-order valence-electron chi connectivity index (χ4n) is 5.17. The molecule has 9 nitrogen and oxygen atoms in total. The summed E-state index contributed by atoms with van der Waals surface area (Å²) in [6.45, 7) is 1.43. The van der Waals surface area contributed by atoms with Crippen LogP contribution in [0, 0.1) is 0 Å². The monoisotopic (exact) mass is 706 g/mol. The van der Waals surface area contributed by atoms with Crippen LogP contribution >= 0.6 is 11.8 Å². The number of hydrogen-bond donors (Lipinski definition) is 4. The maximum Gasteiger partial charge on any atom is 0.272 e. The molecule has 0 saturated carbocycles. The van der Waals surface area contributed by atoms with E-state index in [1.807, 2.05) is 72.8 Å². The molecule has 258 valence electrons. The molecule has 0 saturated heterocycles. The highest BCUT2D eigenvalue weighted by Gasteiger charge is 2.23. The number of benzene rings is 5. The lowest BCUT2D eigenvalue weighted by Crippen LogP contribution is -2.30. The van der Waals surface area contributed by atoms with Crippen LogP contribution in [0.2, 0.25) is 0 Å². The number of carbonyl (C=O) groups is 4. The molecule has 0 bridgehead atoms. The Kier molecular flexibility index (Phi) is 11.4. The number of furan rings is 1. The van der Waals surface area contributed by atoms with Crippen LogP contribution in [0.1, 0.15) is 33.9 Å². The van der Waals surface area contributed by atoms with Gasteiger partial charge in [0.25, 0.3) is 11.8 Å². The largest absolute Gasteiger partial charge is 0.457 e. The quantitative estimate of drug-likeness (QED) is 0.0744. The number of anilines is 3. The summed E-state index contributed by atoms with van der Waals surface area (Å²) in [6.07, 6.45) is 1.49. The first-order chi connectivity index (χ1) is 25.3. The molecule has 1 heterocycles. The normalized spacial score (nSPS) is 11.6. The zero-order chi connectivity index (χ0) is 36.3. The predicted octanol–water partition coefficient (Wildman–Crippen LogP) is 8.79. The van der Waals surface area contributed by atoms with Crippen molar-refractivity contribution in [1.29, 1.82) is 0 Å². The van der Waals surface area contributed by atoms with Gasteiger partial charge in [-0.25, -0.2) is 0 Å². The molecule has 0 fully saturated rings. The third-order valence-corrected chi connectivity index (χ3v) is 8.95. The van der Waals surface area contributed by atoms with Crippen molar-refractivity contribution < 1.29 is 23.6 Å². The molecule has 52 heavy (non-hydrogen) atoms. The summed E-state index contributed by atoms with van der Waals surface area (Å²) in [7, 11) is 0. The van der Waals surface area contributed by atoms with E-state index in [9.17, 15) is 19.2 Å². The minimum Gasteiger partial charge on any atom is -0.457 e. The second-order valence-corrected chi connectivity index (χ2v) is 12.8. The van der Waals surface area contributed by atoms with Crippen molar-refractivity contribution in [1.82, 2.24) is 5.32 Å². The first-order valence-electron chi connectivity index (χ1n) is 16.4. The highest BCUT2D eigenvalue weighted by atomic mass is 32.2. The van der Waals surface area contributed by atoms with Crippen molar-refractivity contribution >= 4 is 58.5 Å². The van der Waals surface area contributed by atoms with Crippen molar-refractivity contribution in [2.24, 2.45) is 0 Å². The van der Waals surface area contributed by atoms with Crippen LogP contribution in [0.3, 0.4) is 0 Å². The molecule has 6 rings (SSSR count). The second kappa shape index (κ2) is 16.8. The Morgan fingerprint density at radius 1 is 0.615 bits per heavy atom. The number of nitrogens with one attached hydrogen (secondary N) is 4. The summed E-state index contributed by atoms with van der Waals surface area (Å²) in [5.41, 5.74) is 3.79. The smallest absolute Gasteiger partial charge is 0.272 e. The predicted molar refractivity (Wildman–Crippen MR) is 206 cm³/mol. The zero-order valence-corrected chi connectivity index (χ0v) is 28.9. The van der Waals surface area contributed by atoms with Gasteiger partial charge in [0.1, 0.15) is 22.5 Å². The number of rotatable bonds is 12. The number of thioether (sulfide) groups is 1. The van der Waals surface area contributed by atoms with E-state index in [0.717, 1.165) is 16.0 Å². The van der Waals surface area contributed by atoms with Gasteiger partial charge in [-0.1, -0.05) is 78.9 Å². The Labute approximate surface area is 305 Å². The summed E-state index contributed by atoms with van der Waals surface area (Å²) in [5, 5.41) is 10.7. The standard InChI is InChI=1S/C42H34N4O5S/c1-28(47)43-32-17-19-33(20-18-32)45-42(50)39(30-13-7-3-8-14-30)52-36-24-21-34(22-25-36)44-41(49)37(46-40(48)31-15-9-4-10-16-31)27-35-23-26-38(51-35)29-11-5-2-6-12-29/h2-27,39H,1H3,(H,43,47)(H,44,49)(H,45,50)(H,46,48). The second-order valence-electron chi connectivity index (χ2n) is 11.6. The topological polar surface area (TPSA) is 130 Å². The molecular weight excluding hydrogens is 673 g/mol. The third kappa shape index (κ3) is 9.52. The van der Waals surface area contributed by atoms with Crippen LogP contribution in [0.5, 0.6) is 0 Å². The van der Waals surface area contributed by atoms with E-state index in [0.29, 0.717) is 34.1 Å². The molecule has 5 aromatic carbocycles. The number of amides is 4. The van der Waals surface area contributed by atoms with Gasteiger partial charge in [-0.3, -0.25) is 19.2 Å². The molecule has 0 aliphatic heterocycles. The van der Waals surface area contributed by atoms with Crippen molar-refractivity contribution in [3.05, 3.63) is 174 Å². The van der Waals surface area contributed by atoms with Crippen molar-refractivity contribution in [3.63, 3.8) is 0 Å². The zero-order valence-electron chi connectivity index (χ0n) is 28.0. The molecule has 1 aromatic heterocycles. The van der Waals surface area contributed by atoms with Crippen molar-refractivity contribution in [2.75, 3.05) is 16.0 Å². The molecule has 0 aliphatic carbocycles. The Morgan fingerprint density at radius 2 is 1.17 bits per heavy atom. The Bertz CT molecular complexity index is 2190. The van der Waals surface area contributed by atoms with Crippen LogP contribution in [-0.2, 0) is 14.4 Å². The lowest BCUT2D eigenvalue weighted by atomic mass is 10.1. The minimum absolute atomic E-state index is 0.00723. The fraction of sp³-hybridized carbons (Fsp3) is 0.0476. The van der Waals surface area contributed by atoms with Crippen LogP contribution in [-0.4, -0.2) is 23.6 Å². The van der Waals surface area contributed by atoms with Gasteiger partial charge >= 0.3 is 0 Å². The van der Waals surface area contributed by atoms with Gasteiger partial charge in [-0.15, -0.1) is 11.8 Å². The fourth-order valence-corrected chi connectivity index (χ4v) is 6.20. The van der Waals surface area contributed by atoms with Crippen molar-refractivity contribution in [2.45, 2.75) is 17.1 Å². The molecule has 4 N–H and O–H groups in total. The molecule has 10 heteroatoms. The van der Waals surface area contributed by atoms with E-state index in [1.165, 1.54) is 24.8 Å². The maximum atomic E-state index is 13.6. The highest BCUT2D eigenvalue weighted by molar-refractivity contribution is 8.00. The first-order valence-corrected chi connectivity index (χ1v) is 17.2.